The topological polar surface area (TPSA) is 34.4 Å². The third-order valence-corrected chi connectivity index (χ3v) is 4.13. The molecule has 98 valence electrons. The summed E-state index contributed by atoms with van der Waals surface area (Å²) in [5, 5.41) is 0. The standard InChI is InChI=1S/C14H13BrN2OS/c1-4-7-17-11-6-5-10(15)8-12(11)19-14(17)16-13(18)9(2)3/h1,5-6,8-9H,7H2,2-3H3. The summed E-state index contributed by atoms with van der Waals surface area (Å²) in [7, 11) is 0. The van der Waals surface area contributed by atoms with Crippen molar-refractivity contribution >= 4 is 43.4 Å². The van der Waals surface area contributed by atoms with Gasteiger partial charge >= 0.3 is 0 Å². The highest BCUT2D eigenvalue weighted by atomic mass is 79.9. The molecule has 0 aliphatic rings. The largest absolute Gasteiger partial charge is 0.305 e. The van der Waals surface area contributed by atoms with Gasteiger partial charge in [-0.15, -0.1) is 6.42 Å². The molecular weight excluding hydrogens is 324 g/mol. The van der Waals surface area contributed by atoms with E-state index < -0.39 is 0 Å². The second-order valence-corrected chi connectivity index (χ2v) is 6.32. The maximum atomic E-state index is 11.8. The van der Waals surface area contributed by atoms with Crippen molar-refractivity contribution in [3.05, 3.63) is 27.5 Å². The van der Waals surface area contributed by atoms with Crippen molar-refractivity contribution in [2.75, 3.05) is 0 Å². The molecule has 1 heterocycles. The van der Waals surface area contributed by atoms with E-state index in [0.29, 0.717) is 11.3 Å². The highest BCUT2D eigenvalue weighted by molar-refractivity contribution is 9.10. The molecule has 3 nitrogen and oxygen atoms in total. The van der Waals surface area contributed by atoms with Gasteiger partial charge in [-0.25, -0.2) is 0 Å². The van der Waals surface area contributed by atoms with Crippen molar-refractivity contribution in [3.63, 3.8) is 0 Å². The average molecular weight is 337 g/mol. The molecule has 0 atom stereocenters. The zero-order valence-electron chi connectivity index (χ0n) is 10.7. The summed E-state index contributed by atoms with van der Waals surface area (Å²) in [5.74, 6) is 2.36. The number of nitrogens with zero attached hydrogens (tertiary/aromatic N) is 2. The van der Waals surface area contributed by atoms with E-state index >= 15 is 0 Å². The Kier molecular flexibility index (Phi) is 4.23. The van der Waals surface area contributed by atoms with E-state index in [9.17, 15) is 4.79 Å². The summed E-state index contributed by atoms with van der Waals surface area (Å²) in [6.45, 7) is 4.08. The quantitative estimate of drug-likeness (QED) is 0.775. The monoisotopic (exact) mass is 336 g/mol. The van der Waals surface area contributed by atoms with Crippen molar-refractivity contribution in [1.82, 2.24) is 4.57 Å². The summed E-state index contributed by atoms with van der Waals surface area (Å²) in [4.78, 5) is 16.6. The lowest BCUT2D eigenvalue weighted by Crippen LogP contribution is -2.18. The molecule has 1 amide bonds. The van der Waals surface area contributed by atoms with E-state index in [1.165, 1.54) is 11.3 Å². The van der Waals surface area contributed by atoms with Crippen LogP contribution >= 0.6 is 27.3 Å². The van der Waals surface area contributed by atoms with E-state index in [4.69, 9.17) is 6.42 Å². The molecular formula is C14H13BrN2OS. The molecule has 19 heavy (non-hydrogen) atoms. The molecule has 2 aromatic rings. The fourth-order valence-electron chi connectivity index (χ4n) is 1.60. The van der Waals surface area contributed by atoms with Crippen molar-refractivity contribution in [2.24, 2.45) is 10.9 Å². The molecule has 1 aromatic carbocycles. The predicted octanol–water partition coefficient (Wildman–Crippen LogP) is 3.18. The van der Waals surface area contributed by atoms with E-state index in [1.807, 2.05) is 36.6 Å². The molecule has 5 heteroatoms. The van der Waals surface area contributed by atoms with Gasteiger partial charge < -0.3 is 4.57 Å². The molecule has 0 aliphatic carbocycles. The number of benzene rings is 1. The van der Waals surface area contributed by atoms with Gasteiger partial charge in [-0.3, -0.25) is 4.79 Å². The number of halogens is 1. The molecule has 0 radical (unpaired) electrons. The zero-order valence-corrected chi connectivity index (χ0v) is 13.1. The van der Waals surface area contributed by atoms with Gasteiger partial charge in [0, 0.05) is 10.4 Å². The van der Waals surface area contributed by atoms with E-state index in [1.54, 1.807) is 0 Å². The van der Waals surface area contributed by atoms with E-state index in [0.717, 1.165) is 14.7 Å². The smallest absolute Gasteiger partial charge is 0.250 e. The van der Waals surface area contributed by atoms with E-state index in [2.05, 4.69) is 26.8 Å². The Hall–Kier alpha value is -1.38. The number of rotatable bonds is 2. The van der Waals surface area contributed by atoms with Crippen LogP contribution in [0.4, 0.5) is 0 Å². The number of hydrogen-bond acceptors (Lipinski definition) is 2. The second kappa shape index (κ2) is 5.72. The number of carbonyl (C=O) groups is 1. The number of aromatic nitrogens is 1. The summed E-state index contributed by atoms with van der Waals surface area (Å²) < 4.78 is 3.95. The zero-order chi connectivity index (χ0) is 14.0. The normalized spacial score (nSPS) is 12.1. The summed E-state index contributed by atoms with van der Waals surface area (Å²) in [6.07, 6.45) is 5.40. The fourth-order valence-corrected chi connectivity index (χ4v) is 3.19. The Labute approximate surface area is 124 Å². The van der Waals surface area contributed by atoms with Gasteiger partial charge in [-0.2, -0.15) is 4.99 Å². The first-order valence-electron chi connectivity index (χ1n) is 5.84. The minimum absolute atomic E-state index is 0.115. The highest BCUT2D eigenvalue weighted by Gasteiger charge is 2.09. The van der Waals surface area contributed by atoms with Crippen molar-refractivity contribution < 1.29 is 4.79 Å². The van der Waals surface area contributed by atoms with Gasteiger partial charge in [0.2, 0.25) is 0 Å². The summed E-state index contributed by atoms with van der Waals surface area (Å²) in [6, 6.07) is 5.94. The lowest BCUT2D eigenvalue weighted by molar-refractivity contribution is -0.120. The van der Waals surface area contributed by atoms with Gasteiger partial charge in [0.1, 0.15) is 0 Å². The van der Waals surface area contributed by atoms with Crippen molar-refractivity contribution in [2.45, 2.75) is 20.4 Å². The SMILES string of the molecule is C#CCn1c(=NC(=O)C(C)C)sc2cc(Br)ccc21. The third-order valence-electron chi connectivity index (χ3n) is 2.59. The molecule has 1 aromatic heterocycles. The number of terminal acetylenes is 1. The van der Waals surface area contributed by atoms with Crippen LogP contribution in [0.15, 0.2) is 27.7 Å². The average Bonchev–Trinajstić information content (AvgIpc) is 2.67. The van der Waals surface area contributed by atoms with Crippen LogP contribution in [0.25, 0.3) is 10.2 Å². The number of hydrogen-bond donors (Lipinski definition) is 0. The molecule has 0 N–H and O–H groups in total. The van der Waals surface area contributed by atoms with Crippen molar-refractivity contribution in [1.29, 1.82) is 0 Å². The molecule has 0 saturated carbocycles. The minimum atomic E-state index is -0.128. The number of carbonyl (C=O) groups excluding carboxylic acids is 1. The molecule has 0 aliphatic heterocycles. The first-order chi connectivity index (χ1) is 9.02. The van der Waals surface area contributed by atoms with Crippen LogP contribution in [0.3, 0.4) is 0 Å². The lowest BCUT2D eigenvalue weighted by atomic mass is 10.2. The maximum Gasteiger partial charge on any atom is 0.250 e. The van der Waals surface area contributed by atoms with Gasteiger partial charge in [-0.05, 0) is 18.2 Å². The van der Waals surface area contributed by atoms with Crippen LogP contribution in [0.5, 0.6) is 0 Å². The molecule has 0 unspecified atom stereocenters. The number of fused-ring (bicyclic) bond motifs is 1. The minimum Gasteiger partial charge on any atom is -0.305 e. The van der Waals surface area contributed by atoms with Crippen LogP contribution in [0.1, 0.15) is 13.8 Å². The number of thiazole rings is 1. The van der Waals surface area contributed by atoms with Crippen LogP contribution in [0.2, 0.25) is 0 Å². The Balaban J connectivity index is 2.70. The lowest BCUT2D eigenvalue weighted by Gasteiger charge is -2.00. The molecule has 0 spiro atoms. The van der Waals surface area contributed by atoms with Crippen molar-refractivity contribution in [3.8, 4) is 12.3 Å². The van der Waals surface area contributed by atoms with E-state index in [-0.39, 0.29) is 11.8 Å². The first kappa shape index (κ1) is 14.0. The van der Waals surface area contributed by atoms with Crippen LogP contribution in [0, 0.1) is 18.3 Å². The Morgan fingerprint density at radius 2 is 2.32 bits per heavy atom. The highest BCUT2D eigenvalue weighted by Crippen LogP contribution is 2.22. The molecule has 2 rings (SSSR count). The Morgan fingerprint density at radius 3 is 2.95 bits per heavy atom. The maximum absolute atomic E-state index is 11.8. The molecule has 0 saturated heterocycles. The molecule has 0 bridgehead atoms. The van der Waals surface area contributed by atoms with Crippen LogP contribution in [-0.4, -0.2) is 10.5 Å². The second-order valence-electron chi connectivity index (χ2n) is 4.39. The van der Waals surface area contributed by atoms with Gasteiger partial charge in [0.15, 0.2) is 4.80 Å². The Bertz CT molecular complexity index is 734. The Morgan fingerprint density at radius 1 is 1.58 bits per heavy atom. The molecule has 0 fully saturated rings. The summed E-state index contributed by atoms with van der Waals surface area (Å²) >= 11 is 4.91. The third kappa shape index (κ3) is 2.96. The van der Waals surface area contributed by atoms with Gasteiger partial charge in [-0.1, -0.05) is 47.0 Å². The number of amides is 1. The van der Waals surface area contributed by atoms with Gasteiger partial charge in [0.05, 0.1) is 16.8 Å². The van der Waals surface area contributed by atoms with Crippen LogP contribution < -0.4 is 4.80 Å². The fraction of sp³-hybridized carbons (Fsp3) is 0.286. The van der Waals surface area contributed by atoms with Crippen LogP contribution in [-0.2, 0) is 11.3 Å². The first-order valence-corrected chi connectivity index (χ1v) is 7.45. The van der Waals surface area contributed by atoms with Gasteiger partial charge in [0.25, 0.3) is 5.91 Å². The summed E-state index contributed by atoms with van der Waals surface area (Å²) in [5.41, 5.74) is 1.00. The predicted molar refractivity (Wildman–Crippen MR) is 81.8 cm³/mol.